The van der Waals surface area contributed by atoms with Gasteiger partial charge in [0.25, 0.3) is 0 Å². The fourth-order valence-corrected chi connectivity index (χ4v) is 3.79. The molecular weight excluding hydrogens is 349 g/mol. The Morgan fingerprint density at radius 3 is 2.89 bits per heavy atom. The van der Waals surface area contributed by atoms with Crippen molar-refractivity contribution in [2.75, 3.05) is 13.1 Å². The second-order valence-corrected chi connectivity index (χ2v) is 8.06. The van der Waals surface area contributed by atoms with E-state index < -0.39 is 17.9 Å². The molecule has 0 aliphatic carbocycles. The van der Waals surface area contributed by atoms with Crippen LogP contribution in [-0.4, -0.2) is 55.4 Å². The Kier molecular flexibility index (Phi) is 4.09. The largest absolute Gasteiger partial charge is 0.444 e. The van der Waals surface area contributed by atoms with Crippen molar-refractivity contribution in [3.05, 3.63) is 24.3 Å². The van der Waals surface area contributed by atoms with Gasteiger partial charge in [-0.15, -0.1) is 0 Å². The molecular formula is C19H24FN5O2. The number of piperidine rings is 1. The maximum Gasteiger partial charge on any atom is 0.410 e. The minimum absolute atomic E-state index is 0.0139. The van der Waals surface area contributed by atoms with Crippen molar-refractivity contribution in [1.29, 1.82) is 0 Å². The van der Waals surface area contributed by atoms with Crippen LogP contribution in [0, 0.1) is 6.92 Å². The standard InChI is InChI=1S/C19H24FN5O2/c1-11-23-14-9-22-17-12(5-7-21-17)16(14)25(11)15-6-8-24(10-13(15)20)18(26)27-19(2,3)4/h5,7,9,13,15H,6,8,10H2,1-4H3,(H,21,22). The Hall–Kier alpha value is -2.64. The van der Waals surface area contributed by atoms with E-state index in [2.05, 4.69) is 15.0 Å². The fraction of sp³-hybridized carbons (Fsp3) is 0.526. The van der Waals surface area contributed by atoms with Crippen molar-refractivity contribution in [2.45, 2.75) is 51.9 Å². The first kappa shape index (κ1) is 17.8. The number of halogens is 1. The molecule has 8 heteroatoms. The molecule has 2 unspecified atom stereocenters. The highest BCUT2D eigenvalue weighted by atomic mass is 19.1. The molecule has 1 saturated heterocycles. The summed E-state index contributed by atoms with van der Waals surface area (Å²) in [7, 11) is 0. The molecule has 1 fully saturated rings. The molecule has 0 spiro atoms. The summed E-state index contributed by atoms with van der Waals surface area (Å²) in [4.78, 5) is 25.8. The zero-order valence-electron chi connectivity index (χ0n) is 16.0. The van der Waals surface area contributed by atoms with Crippen molar-refractivity contribution in [2.24, 2.45) is 0 Å². The number of hydrogen-bond acceptors (Lipinski definition) is 4. The molecule has 1 aliphatic heterocycles. The maximum atomic E-state index is 15.2. The van der Waals surface area contributed by atoms with Gasteiger partial charge in [-0.3, -0.25) is 0 Å². The van der Waals surface area contributed by atoms with Gasteiger partial charge in [-0.05, 0) is 40.2 Å². The van der Waals surface area contributed by atoms with Crippen LogP contribution >= 0.6 is 0 Å². The fourth-order valence-electron chi connectivity index (χ4n) is 3.79. The molecule has 1 N–H and O–H groups in total. The van der Waals surface area contributed by atoms with Crippen LogP contribution in [-0.2, 0) is 4.74 Å². The lowest BCUT2D eigenvalue weighted by Crippen LogP contribution is -2.47. The number of aromatic amines is 1. The quantitative estimate of drug-likeness (QED) is 0.705. The molecule has 4 heterocycles. The van der Waals surface area contributed by atoms with Crippen molar-refractivity contribution in [1.82, 2.24) is 24.4 Å². The number of aromatic nitrogens is 4. The number of ether oxygens (including phenoxy) is 1. The van der Waals surface area contributed by atoms with Gasteiger partial charge >= 0.3 is 6.09 Å². The molecule has 4 rings (SSSR count). The third kappa shape index (κ3) is 3.13. The molecule has 0 bridgehead atoms. The Morgan fingerprint density at radius 1 is 1.41 bits per heavy atom. The number of nitrogens with zero attached hydrogens (tertiary/aromatic N) is 4. The third-order valence-electron chi connectivity index (χ3n) is 4.90. The molecule has 0 saturated carbocycles. The second kappa shape index (κ2) is 6.21. The highest BCUT2D eigenvalue weighted by Crippen LogP contribution is 2.33. The lowest BCUT2D eigenvalue weighted by atomic mass is 10.0. The summed E-state index contributed by atoms with van der Waals surface area (Å²) in [6, 6.07) is 1.56. The average molecular weight is 373 g/mol. The summed E-state index contributed by atoms with van der Waals surface area (Å²) in [5.41, 5.74) is 1.80. The smallest absolute Gasteiger partial charge is 0.410 e. The first-order valence-corrected chi connectivity index (χ1v) is 9.17. The number of alkyl halides is 1. The Morgan fingerprint density at radius 2 is 2.19 bits per heavy atom. The Labute approximate surface area is 156 Å². The maximum absolute atomic E-state index is 15.2. The van der Waals surface area contributed by atoms with E-state index in [9.17, 15) is 4.79 Å². The summed E-state index contributed by atoms with van der Waals surface area (Å²) in [6.45, 7) is 7.76. The first-order chi connectivity index (χ1) is 12.7. The summed E-state index contributed by atoms with van der Waals surface area (Å²) in [5, 5.41) is 0.926. The number of carbonyl (C=O) groups excluding carboxylic acids is 1. The third-order valence-corrected chi connectivity index (χ3v) is 4.90. The summed E-state index contributed by atoms with van der Waals surface area (Å²) in [6.07, 6.45) is 2.36. The van der Waals surface area contributed by atoms with E-state index in [-0.39, 0.29) is 12.6 Å². The molecule has 7 nitrogen and oxygen atoms in total. The zero-order chi connectivity index (χ0) is 19.3. The SMILES string of the molecule is Cc1nc2cnc3[nH]ccc3c2n1C1CCN(C(=O)OC(C)(C)C)CC1F. The molecule has 1 aliphatic rings. The van der Waals surface area contributed by atoms with E-state index >= 15 is 4.39 Å². The minimum Gasteiger partial charge on any atom is -0.444 e. The number of carbonyl (C=O) groups is 1. The molecule has 3 aromatic rings. The van der Waals surface area contributed by atoms with Gasteiger partial charge in [0.05, 0.1) is 24.3 Å². The number of H-pyrrole nitrogens is 1. The predicted octanol–water partition coefficient (Wildman–Crippen LogP) is 3.74. The Bertz CT molecular complexity index is 1000. The van der Waals surface area contributed by atoms with Crippen LogP contribution in [0.5, 0.6) is 0 Å². The topological polar surface area (TPSA) is 76.0 Å². The van der Waals surface area contributed by atoms with Crippen molar-refractivity contribution < 1.29 is 13.9 Å². The number of fused-ring (bicyclic) bond motifs is 3. The van der Waals surface area contributed by atoms with Crippen molar-refractivity contribution in [3.63, 3.8) is 0 Å². The number of nitrogens with one attached hydrogen (secondary N) is 1. The monoisotopic (exact) mass is 373 g/mol. The van der Waals surface area contributed by atoms with E-state index in [0.717, 1.165) is 27.9 Å². The van der Waals surface area contributed by atoms with Crippen LogP contribution in [0.4, 0.5) is 9.18 Å². The van der Waals surface area contributed by atoms with Gasteiger partial charge in [-0.1, -0.05) is 0 Å². The zero-order valence-corrected chi connectivity index (χ0v) is 16.0. The lowest BCUT2D eigenvalue weighted by Gasteiger charge is -2.36. The summed E-state index contributed by atoms with van der Waals surface area (Å²) >= 11 is 0. The van der Waals surface area contributed by atoms with Gasteiger partial charge in [-0.25, -0.2) is 19.2 Å². The number of hydrogen-bond donors (Lipinski definition) is 1. The summed E-state index contributed by atoms with van der Waals surface area (Å²) in [5.74, 6) is 0.749. The molecule has 0 radical (unpaired) electrons. The van der Waals surface area contributed by atoms with Gasteiger partial charge in [0, 0.05) is 18.1 Å². The van der Waals surface area contributed by atoms with Gasteiger partial charge in [0.1, 0.15) is 28.8 Å². The predicted molar refractivity (Wildman–Crippen MR) is 100 cm³/mol. The Balaban J connectivity index is 1.65. The van der Waals surface area contributed by atoms with Gasteiger partial charge < -0.3 is 19.2 Å². The van der Waals surface area contributed by atoms with E-state index in [1.807, 2.05) is 44.5 Å². The number of imidazole rings is 1. The van der Waals surface area contributed by atoms with Crippen LogP contribution in [0.1, 0.15) is 39.1 Å². The summed E-state index contributed by atoms with van der Waals surface area (Å²) < 4.78 is 22.5. The molecule has 27 heavy (non-hydrogen) atoms. The number of pyridine rings is 1. The molecule has 2 atom stereocenters. The highest BCUT2D eigenvalue weighted by Gasteiger charge is 2.36. The lowest BCUT2D eigenvalue weighted by molar-refractivity contribution is 0.00694. The minimum atomic E-state index is -1.20. The van der Waals surface area contributed by atoms with Crippen molar-refractivity contribution >= 4 is 28.2 Å². The number of aryl methyl sites for hydroxylation is 1. The van der Waals surface area contributed by atoms with Crippen molar-refractivity contribution in [3.8, 4) is 0 Å². The average Bonchev–Trinajstić information content (AvgIpc) is 3.16. The molecule has 144 valence electrons. The van der Waals surface area contributed by atoms with Crippen LogP contribution in [0.3, 0.4) is 0 Å². The van der Waals surface area contributed by atoms with E-state index in [4.69, 9.17) is 4.74 Å². The van der Waals surface area contributed by atoms with Gasteiger partial charge in [0.2, 0.25) is 0 Å². The molecule has 0 aromatic carbocycles. The van der Waals surface area contributed by atoms with Crippen LogP contribution in [0.2, 0.25) is 0 Å². The van der Waals surface area contributed by atoms with E-state index in [0.29, 0.717) is 13.0 Å². The number of amides is 1. The molecule has 3 aromatic heterocycles. The second-order valence-electron chi connectivity index (χ2n) is 8.06. The normalized spacial score (nSPS) is 21.1. The van der Waals surface area contributed by atoms with Gasteiger partial charge in [-0.2, -0.15) is 0 Å². The molecule has 1 amide bonds. The van der Waals surface area contributed by atoms with E-state index in [1.165, 1.54) is 4.90 Å². The first-order valence-electron chi connectivity index (χ1n) is 9.17. The van der Waals surface area contributed by atoms with Crippen LogP contribution in [0.15, 0.2) is 18.5 Å². The number of likely N-dealkylation sites (tertiary alicyclic amines) is 1. The van der Waals surface area contributed by atoms with Gasteiger partial charge in [0.15, 0.2) is 0 Å². The number of rotatable bonds is 1. The van der Waals surface area contributed by atoms with Crippen LogP contribution < -0.4 is 0 Å². The van der Waals surface area contributed by atoms with Crippen LogP contribution in [0.25, 0.3) is 22.1 Å². The van der Waals surface area contributed by atoms with E-state index in [1.54, 1.807) is 6.20 Å². The highest BCUT2D eigenvalue weighted by molar-refractivity contribution is 6.01.